The Labute approximate surface area is 192 Å². The Kier molecular flexibility index (Phi) is 6.86. The standard InChI is InChI=1S/C19H28ClN7O4S/c1-4-11(2)10-32(28,29)26-15-9-31-16-14(8-30-17(15)16)24-18-13(20)6-21-19(25-18)23-12-5-22-27(3)7-12/h5-7,11,14-17,26H,4,8-10H2,1-3H3,(H2,21,23,24,25). The van der Waals surface area contributed by atoms with Crippen LogP contribution in [0.25, 0.3) is 0 Å². The van der Waals surface area contributed by atoms with Gasteiger partial charge in [0.2, 0.25) is 16.0 Å². The molecule has 0 radical (unpaired) electrons. The van der Waals surface area contributed by atoms with E-state index in [1.54, 1.807) is 17.1 Å². The summed E-state index contributed by atoms with van der Waals surface area (Å²) in [6.45, 7) is 4.48. The molecule has 0 saturated carbocycles. The molecule has 32 heavy (non-hydrogen) atoms. The van der Waals surface area contributed by atoms with Gasteiger partial charge in [0.1, 0.15) is 17.2 Å². The number of ether oxygens (including phenoxy) is 2. The predicted octanol–water partition coefficient (Wildman–Crippen LogP) is 1.52. The van der Waals surface area contributed by atoms with Gasteiger partial charge in [-0.3, -0.25) is 4.68 Å². The summed E-state index contributed by atoms with van der Waals surface area (Å²) >= 11 is 6.30. The number of sulfonamides is 1. The molecule has 2 aromatic rings. The van der Waals surface area contributed by atoms with Crippen molar-refractivity contribution >= 4 is 39.1 Å². The number of hydrogen-bond donors (Lipinski definition) is 3. The van der Waals surface area contributed by atoms with Crippen LogP contribution in [-0.2, 0) is 26.5 Å². The maximum atomic E-state index is 12.5. The number of anilines is 3. The third-order valence-electron chi connectivity index (χ3n) is 5.61. The second-order valence-corrected chi connectivity index (χ2v) is 10.5. The summed E-state index contributed by atoms with van der Waals surface area (Å²) in [6, 6.07) is -0.660. The summed E-state index contributed by atoms with van der Waals surface area (Å²) in [5, 5.41) is 10.8. The number of aromatic nitrogens is 4. The van der Waals surface area contributed by atoms with Gasteiger partial charge in [-0.25, -0.2) is 18.1 Å². The van der Waals surface area contributed by atoms with Crippen molar-refractivity contribution in [2.45, 2.75) is 44.6 Å². The average molecular weight is 486 g/mol. The maximum absolute atomic E-state index is 12.5. The number of fused-ring (bicyclic) bond motifs is 1. The Bertz CT molecular complexity index is 1050. The normalized spacial score (nSPS) is 26.1. The van der Waals surface area contributed by atoms with Gasteiger partial charge in [0, 0.05) is 13.2 Å². The first kappa shape index (κ1) is 23.2. The van der Waals surface area contributed by atoms with Crippen LogP contribution < -0.4 is 15.4 Å². The molecule has 0 aromatic carbocycles. The Morgan fingerprint density at radius 1 is 1.25 bits per heavy atom. The quantitative estimate of drug-likeness (QED) is 0.483. The zero-order valence-corrected chi connectivity index (χ0v) is 19.7. The summed E-state index contributed by atoms with van der Waals surface area (Å²) in [4.78, 5) is 8.65. The van der Waals surface area contributed by atoms with E-state index >= 15 is 0 Å². The van der Waals surface area contributed by atoms with Crippen LogP contribution in [0.2, 0.25) is 5.02 Å². The molecule has 176 valence electrons. The summed E-state index contributed by atoms with van der Waals surface area (Å²) in [7, 11) is -1.60. The molecule has 5 unspecified atom stereocenters. The molecular formula is C19H28ClN7O4S. The number of halogens is 1. The minimum absolute atomic E-state index is 0.0823. The van der Waals surface area contributed by atoms with Gasteiger partial charge >= 0.3 is 0 Å². The first-order valence-electron chi connectivity index (χ1n) is 10.5. The topological polar surface area (TPSA) is 132 Å². The Morgan fingerprint density at radius 2 is 1.97 bits per heavy atom. The summed E-state index contributed by atoms with van der Waals surface area (Å²) in [5.74, 6) is 0.969. The van der Waals surface area contributed by atoms with Crippen molar-refractivity contribution in [3.8, 4) is 0 Å². The fourth-order valence-electron chi connectivity index (χ4n) is 3.81. The van der Waals surface area contributed by atoms with Crippen molar-refractivity contribution in [2.24, 2.45) is 13.0 Å². The van der Waals surface area contributed by atoms with E-state index in [0.717, 1.165) is 12.1 Å². The highest BCUT2D eigenvalue weighted by Gasteiger charge is 2.49. The molecular weight excluding hydrogens is 458 g/mol. The van der Waals surface area contributed by atoms with Crippen molar-refractivity contribution in [1.82, 2.24) is 24.5 Å². The van der Waals surface area contributed by atoms with Gasteiger partial charge in [0.05, 0.1) is 49.1 Å². The summed E-state index contributed by atoms with van der Waals surface area (Å²) in [5.41, 5.74) is 0.747. The van der Waals surface area contributed by atoms with Crippen molar-refractivity contribution in [2.75, 3.05) is 29.6 Å². The first-order chi connectivity index (χ1) is 15.2. The summed E-state index contributed by atoms with van der Waals surface area (Å²) < 4.78 is 41.1. The van der Waals surface area contributed by atoms with Crippen LogP contribution in [0.5, 0.6) is 0 Å². The van der Waals surface area contributed by atoms with Crippen molar-refractivity contribution in [1.29, 1.82) is 0 Å². The number of nitrogens with zero attached hydrogens (tertiary/aromatic N) is 4. The van der Waals surface area contributed by atoms with Gasteiger partial charge < -0.3 is 20.1 Å². The van der Waals surface area contributed by atoms with Crippen LogP contribution in [-0.4, -0.2) is 71.4 Å². The molecule has 2 fully saturated rings. The van der Waals surface area contributed by atoms with Crippen LogP contribution in [0.3, 0.4) is 0 Å². The van der Waals surface area contributed by atoms with E-state index in [1.807, 2.05) is 20.9 Å². The lowest BCUT2D eigenvalue weighted by Crippen LogP contribution is -2.46. The molecule has 2 aliphatic heterocycles. The second kappa shape index (κ2) is 9.48. The molecule has 5 atom stereocenters. The van der Waals surface area contributed by atoms with Crippen LogP contribution >= 0.6 is 11.6 Å². The average Bonchev–Trinajstić information content (AvgIpc) is 3.43. The van der Waals surface area contributed by atoms with Gasteiger partial charge in [-0.1, -0.05) is 31.9 Å². The molecule has 2 aromatic heterocycles. The van der Waals surface area contributed by atoms with Gasteiger partial charge in [-0.2, -0.15) is 10.1 Å². The number of nitrogens with one attached hydrogen (secondary N) is 3. The molecule has 0 amide bonds. The minimum atomic E-state index is -3.42. The van der Waals surface area contributed by atoms with E-state index in [9.17, 15) is 8.42 Å². The van der Waals surface area contributed by atoms with Crippen LogP contribution in [0.4, 0.5) is 17.5 Å². The van der Waals surface area contributed by atoms with Gasteiger partial charge in [-0.15, -0.1) is 0 Å². The lowest BCUT2D eigenvalue weighted by Gasteiger charge is -2.20. The van der Waals surface area contributed by atoms with E-state index in [0.29, 0.717) is 23.4 Å². The lowest BCUT2D eigenvalue weighted by molar-refractivity contribution is 0.0690. The predicted molar refractivity (Wildman–Crippen MR) is 121 cm³/mol. The molecule has 4 rings (SSSR count). The smallest absolute Gasteiger partial charge is 0.229 e. The Balaban J connectivity index is 1.40. The van der Waals surface area contributed by atoms with E-state index < -0.39 is 16.1 Å². The molecule has 0 aliphatic carbocycles. The molecule has 3 N–H and O–H groups in total. The van der Waals surface area contributed by atoms with E-state index in [-0.39, 0.29) is 36.5 Å². The van der Waals surface area contributed by atoms with Crippen molar-refractivity contribution < 1.29 is 17.9 Å². The van der Waals surface area contributed by atoms with Crippen LogP contribution in [0.15, 0.2) is 18.6 Å². The fourth-order valence-corrected chi connectivity index (χ4v) is 5.70. The molecule has 0 bridgehead atoms. The van der Waals surface area contributed by atoms with E-state index in [4.69, 9.17) is 21.1 Å². The number of aryl methyl sites for hydroxylation is 1. The highest BCUT2D eigenvalue weighted by molar-refractivity contribution is 7.89. The van der Waals surface area contributed by atoms with Crippen molar-refractivity contribution in [3.63, 3.8) is 0 Å². The van der Waals surface area contributed by atoms with Gasteiger partial charge in [-0.05, 0) is 5.92 Å². The monoisotopic (exact) mass is 485 g/mol. The van der Waals surface area contributed by atoms with E-state index in [2.05, 4.69) is 30.4 Å². The highest BCUT2D eigenvalue weighted by atomic mass is 35.5. The van der Waals surface area contributed by atoms with Crippen molar-refractivity contribution in [3.05, 3.63) is 23.6 Å². The zero-order valence-electron chi connectivity index (χ0n) is 18.2. The molecule has 11 nitrogen and oxygen atoms in total. The first-order valence-corrected chi connectivity index (χ1v) is 12.5. The van der Waals surface area contributed by atoms with Crippen LogP contribution in [0, 0.1) is 5.92 Å². The minimum Gasteiger partial charge on any atom is -0.371 e. The zero-order chi connectivity index (χ0) is 22.9. The fraction of sp³-hybridized carbons (Fsp3) is 0.632. The SMILES string of the molecule is CCC(C)CS(=O)(=O)NC1COC2C(Nc3nc(Nc4cnn(C)c4)ncc3Cl)COC12. The third kappa shape index (κ3) is 5.31. The third-order valence-corrected chi connectivity index (χ3v) is 7.56. The van der Waals surface area contributed by atoms with Crippen LogP contribution in [0.1, 0.15) is 20.3 Å². The highest BCUT2D eigenvalue weighted by Crippen LogP contribution is 2.31. The van der Waals surface area contributed by atoms with Gasteiger partial charge in [0.25, 0.3) is 0 Å². The number of rotatable bonds is 9. The molecule has 2 aliphatic rings. The largest absolute Gasteiger partial charge is 0.371 e. The second-order valence-electron chi connectivity index (χ2n) is 8.28. The van der Waals surface area contributed by atoms with E-state index in [1.165, 1.54) is 6.20 Å². The Morgan fingerprint density at radius 3 is 2.66 bits per heavy atom. The summed E-state index contributed by atoms with van der Waals surface area (Å²) in [6.07, 6.45) is 5.06. The molecule has 4 heterocycles. The molecule has 13 heteroatoms. The van der Waals surface area contributed by atoms with Gasteiger partial charge in [0.15, 0.2) is 5.82 Å². The number of hydrogen-bond acceptors (Lipinski definition) is 9. The molecule has 2 saturated heterocycles. The maximum Gasteiger partial charge on any atom is 0.229 e. The lowest BCUT2D eigenvalue weighted by atomic mass is 10.1. The Hall–Kier alpha value is -1.99. The molecule has 0 spiro atoms.